The summed E-state index contributed by atoms with van der Waals surface area (Å²) >= 11 is 0. The van der Waals surface area contributed by atoms with E-state index in [0.29, 0.717) is 57.8 Å². The maximum atomic E-state index is 12.8. The number of amides is 2. The van der Waals surface area contributed by atoms with Crippen molar-refractivity contribution in [3.8, 4) is 0 Å². The van der Waals surface area contributed by atoms with E-state index in [1.807, 2.05) is 29.2 Å². The molecule has 2 N–H and O–H groups in total. The van der Waals surface area contributed by atoms with Crippen LogP contribution in [0.4, 0.5) is 0 Å². The van der Waals surface area contributed by atoms with Crippen molar-refractivity contribution in [3.63, 3.8) is 0 Å². The van der Waals surface area contributed by atoms with Gasteiger partial charge in [0, 0.05) is 44.7 Å². The number of benzene rings is 1. The molecule has 0 spiro atoms. The van der Waals surface area contributed by atoms with Gasteiger partial charge < -0.3 is 20.1 Å². The third kappa shape index (κ3) is 8.12. The molecule has 2 heterocycles. The van der Waals surface area contributed by atoms with Gasteiger partial charge in [0.1, 0.15) is 0 Å². The van der Waals surface area contributed by atoms with Crippen molar-refractivity contribution >= 4 is 18.3 Å². The first-order valence-corrected chi connectivity index (χ1v) is 12.0. The summed E-state index contributed by atoms with van der Waals surface area (Å²) in [5.74, 6) is 1.11. The highest BCUT2D eigenvalue weighted by Gasteiger charge is 2.38. The maximum Gasteiger partial charge on any atom is 0.290 e. The van der Waals surface area contributed by atoms with Gasteiger partial charge in [0.15, 0.2) is 0 Å². The van der Waals surface area contributed by atoms with Gasteiger partial charge in [0.25, 0.3) is 6.47 Å². The summed E-state index contributed by atoms with van der Waals surface area (Å²) in [6.45, 7) is 6.28. The minimum absolute atomic E-state index is 0.0815. The summed E-state index contributed by atoms with van der Waals surface area (Å²) < 4.78 is 5.38. The van der Waals surface area contributed by atoms with E-state index >= 15 is 0 Å². The molecule has 2 saturated heterocycles. The molecule has 0 aromatic heterocycles. The van der Waals surface area contributed by atoms with Crippen molar-refractivity contribution in [2.75, 3.05) is 39.4 Å². The van der Waals surface area contributed by atoms with Gasteiger partial charge >= 0.3 is 0 Å². The number of carbonyl (C=O) groups excluding carboxylic acids is 2. The van der Waals surface area contributed by atoms with Gasteiger partial charge in [-0.05, 0) is 44.1 Å². The molecule has 2 atom stereocenters. The first-order chi connectivity index (χ1) is 16.0. The van der Waals surface area contributed by atoms with Crippen molar-refractivity contribution in [2.24, 2.45) is 5.92 Å². The largest absolute Gasteiger partial charge is 0.483 e. The van der Waals surface area contributed by atoms with Crippen LogP contribution >= 0.6 is 0 Å². The average molecular weight is 460 g/mol. The van der Waals surface area contributed by atoms with Gasteiger partial charge in [0.2, 0.25) is 11.8 Å². The number of morpholine rings is 1. The van der Waals surface area contributed by atoms with E-state index in [0.717, 1.165) is 30.9 Å². The Hall–Kier alpha value is -2.45. The number of aryl methyl sites for hydroxylation is 1. The molecule has 33 heavy (non-hydrogen) atoms. The average Bonchev–Trinajstić information content (AvgIpc) is 3.56. The predicted octanol–water partition coefficient (Wildman–Crippen LogP) is 1.85. The van der Waals surface area contributed by atoms with Crippen LogP contribution in [0.15, 0.2) is 24.3 Å². The molecule has 4 rings (SSSR count). The van der Waals surface area contributed by atoms with Crippen molar-refractivity contribution in [3.05, 3.63) is 35.4 Å². The number of carbonyl (C=O) groups is 3. The number of rotatable bonds is 8. The van der Waals surface area contributed by atoms with Crippen LogP contribution in [0.2, 0.25) is 0 Å². The first kappa shape index (κ1) is 25.2. The molecule has 2 aliphatic heterocycles. The zero-order valence-electron chi connectivity index (χ0n) is 19.6. The number of hydrogen-bond donors (Lipinski definition) is 2. The predicted molar refractivity (Wildman–Crippen MR) is 125 cm³/mol. The van der Waals surface area contributed by atoms with E-state index in [9.17, 15) is 9.59 Å². The molecule has 8 heteroatoms. The highest BCUT2D eigenvalue weighted by Crippen LogP contribution is 2.35. The molecule has 3 fully saturated rings. The lowest BCUT2D eigenvalue weighted by Gasteiger charge is -2.33. The third-order valence-electron chi connectivity index (χ3n) is 6.73. The molecule has 1 aromatic rings. The normalized spacial score (nSPS) is 22.9. The van der Waals surface area contributed by atoms with Crippen LogP contribution in [0.25, 0.3) is 0 Å². The zero-order chi connectivity index (χ0) is 23.6. The molecule has 1 aromatic carbocycles. The lowest BCUT2D eigenvalue weighted by molar-refractivity contribution is -0.136. The Balaban J connectivity index is 0.000000968. The number of nitrogens with one attached hydrogen (secondary N) is 1. The van der Waals surface area contributed by atoms with Gasteiger partial charge in [-0.25, -0.2) is 0 Å². The summed E-state index contributed by atoms with van der Waals surface area (Å²) in [5.41, 5.74) is 2.26. The van der Waals surface area contributed by atoms with E-state index in [-0.39, 0.29) is 18.3 Å². The van der Waals surface area contributed by atoms with Crippen LogP contribution in [0.5, 0.6) is 0 Å². The molecular weight excluding hydrogens is 422 g/mol. The third-order valence-corrected chi connectivity index (χ3v) is 6.73. The number of nitrogens with zero attached hydrogens (tertiary/aromatic N) is 2. The van der Waals surface area contributed by atoms with Crippen LogP contribution in [0.3, 0.4) is 0 Å². The Morgan fingerprint density at radius 2 is 1.73 bits per heavy atom. The molecule has 0 radical (unpaired) electrons. The zero-order valence-corrected chi connectivity index (χ0v) is 19.6. The van der Waals surface area contributed by atoms with E-state index in [4.69, 9.17) is 14.6 Å². The second kappa shape index (κ2) is 12.7. The standard InChI is InChI=1S/C24H35N3O3.CH2O2/c1-18-2-4-19(5-3-18)14-23(28)25-16-22-9-8-21(27(22)17-20-6-7-20)15-24(29)26-10-12-30-13-11-26;2-1-3/h2-5,20-22H,6-17H2,1H3,(H,25,28);1H,(H,2,3)/t21-,22+;/m1./s1. The van der Waals surface area contributed by atoms with Crippen molar-refractivity contribution in [2.45, 2.75) is 57.5 Å². The Labute approximate surface area is 196 Å². The monoisotopic (exact) mass is 459 g/mol. The van der Waals surface area contributed by atoms with Crippen LogP contribution in [0.1, 0.15) is 43.2 Å². The maximum absolute atomic E-state index is 12.8. The molecular formula is C25H37N3O5. The first-order valence-electron chi connectivity index (χ1n) is 12.0. The van der Waals surface area contributed by atoms with E-state index in [2.05, 4.69) is 17.1 Å². The Morgan fingerprint density at radius 1 is 1.09 bits per heavy atom. The molecule has 1 aliphatic carbocycles. The Bertz CT molecular complexity index is 775. The van der Waals surface area contributed by atoms with E-state index < -0.39 is 0 Å². The van der Waals surface area contributed by atoms with E-state index in [1.165, 1.54) is 18.4 Å². The molecule has 8 nitrogen and oxygen atoms in total. The number of ether oxygens (including phenoxy) is 1. The van der Waals surface area contributed by atoms with Crippen molar-refractivity contribution in [1.29, 1.82) is 0 Å². The van der Waals surface area contributed by atoms with Gasteiger partial charge in [-0.3, -0.25) is 19.3 Å². The quantitative estimate of drug-likeness (QED) is 0.576. The van der Waals surface area contributed by atoms with Crippen LogP contribution in [-0.4, -0.2) is 84.7 Å². The minimum atomic E-state index is -0.250. The molecule has 2 amide bonds. The fraction of sp³-hybridized carbons (Fsp3) is 0.640. The minimum Gasteiger partial charge on any atom is -0.483 e. The summed E-state index contributed by atoms with van der Waals surface area (Å²) in [4.78, 5) is 38.1. The highest BCUT2D eigenvalue weighted by atomic mass is 16.5. The summed E-state index contributed by atoms with van der Waals surface area (Å²) in [6.07, 6.45) is 5.72. The Morgan fingerprint density at radius 3 is 2.36 bits per heavy atom. The van der Waals surface area contributed by atoms with Gasteiger partial charge in [-0.15, -0.1) is 0 Å². The molecule has 182 valence electrons. The van der Waals surface area contributed by atoms with Gasteiger partial charge in [-0.2, -0.15) is 0 Å². The van der Waals surface area contributed by atoms with Crippen LogP contribution in [0, 0.1) is 12.8 Å². The second-order valence-electron chi connectivity index (χ2n) is 9.29. The SMILES string of the molecule is Cc1ccc(CC(=O)NC[C@@H]2CC[C@H](CC(=O)N3CCOCC3)N2CC2CC2)cc1.O=CO. The van der Waals surface area contributed by atoms with Crippen molar-refractivity contribution < 1.29 is 24.2 Å². The number of likely N-dealkylation sites (tertiary alicyclic amines) is 1. The molecule has 1 saturated carbocycles. The smallest absolute Gasteiger partial charge is 0.290 e. The lowest BCUT2D eigenvalue weighted by atomic mass is 10.1. The highest BCUT2D eigenvalue weighted by molar-refractivity contribution is 5.78. The summed E-state index contributed by atoms with van der Waals surface area (Å²) in [6, 6.07) is 8.80. The molecule has 0 bridgehead atoms. The summed E-state index contributed by atoms with van der Waals surface area (Å²) in [7, 11) is 0. The second-order valence-corrected chi connectivity index (χ2v) is 9.29. The van der Waals surface area contributed by atoms with Crippen molar-refractivity contribution in [1.82, 2.24) is 15.1 Å². The van der Waals surface area contributed by atoms with E-state index in [1.54, 1.807) is 0 Å². The fourth-order valence-electron chi connectivity index (χ4n) is 4.68. The molecule has 0 unspecified atom stereocenters. The number of hydrogen-bond acceptors (Lipinski definition) is 5. The fourth-order valence-corrected chi connectivity index (χ4v) is 4.68. The van der Waals surface area contributed by atoms with Gasteiger partial charge in [-0.1, -0.05) is 29.8 Å². The Kier molecular flexibility index (Phi) is 9.69. The molecule has 3 aliphatic rings. The topological polar surface area (TPSA) is 99.2 Å². The lowest BCUT2D eigenvalue weighted by Crippen LogP contribution is -2.47. The van der Waals surface area contributed by atoms with Crippen LogP contribution < -0.4 is 5.32 Å². The summed E-state index contributed by atoms with van der Waals surface area (Å²) in [5, 5.41) is 10.0. The van der Waals surface area contributed by atoms with Gasteiger partial charge in [0.05, 0.1) is 19.6 Å². The number of carboxylic acid groups (broad SMARTS) is 1. The van der Waals surface area contributed by atoms with Crippen LogP contribution in [-0.2, 0) is 25.5 Å².